The SMILES string of the molecule is Cc1nsc(NS(=O)(=O)c2ccc(F)c(Cl)c2)c1C(=O)O. The number of aromatic carboxylic acids is 1. The first kappa shape index (κ1) is 15.7. The van der Waals surface area contributed by atoms with Gasteiger partial charge >= 0.3 is 5.97 Å². The first-order chi connectivity index (χ1) is 9.72. The highest BCUT2D eigenvalue weighted by Gasteiger charge is 2.23. The highest BCUT2D eigenvalue weighted by molar-refractivity contribution is 7.93. The molecule has 1 heterocycles. The number of aryl methyl sites for hydroxylation is 1. The average molecular weight is 351 g/mol. The van der Waals surface area contributed by atoms with Gasteiger partial charge in [0, 0.05) is 0 Å². The van der Waals surface area contributed by atoms with Crippen LogP contribution in [0.1, 0.15) is 16.1 Å². The van der Waals surface area contributed by atoms with Gasteiger partial charge in [-0.1, -0.05) is 11.6 Å². The van der Waals surface area contributed by atoms with E-state index in [9.17, 15) is 17.6 Å². The lowest BCUT2D eigenvalue weighted by Crippen LogP contribution is -2.14. The van der Waals surface area contributed by atoms with Crippen molar-refractivity contribution in [3.05, 3.63) is 40.3 Å². The second-order valence-corrected chi connectivity index (χ2v) is 6.82. The zero-order valence-electron chi connectivity index (χ0n) is 10.4. The van der Waals surface area contributed by atoms with Gasteiger partial charge in [0.2, 0.25) is 0 Å². The molecule has 1 aromatic carbocycles. The number of rotatable bonds is 4. The Hall–Kier alpha value is -1.71. The Balaban J connectivity index is 2.42. The standard InChI is InChI=1S/C11H8ClFN2O4S2/c1-5-9(11(16)17)10(20-14-5)15-21(18,19)6-2-3-8(13)7(12)4-6/h2-4,15H,1H3,(H,16,17). The van der Waals surface area contributed by atoms with Crippen molar-refractivity contribution in [1.29, 1.82) is 0 Å². The van der Waals surface area contributed by atoms with Gasteiger partial charge in [-0.05, 0) is 36.7 Å². The third-order valence-corrected chi connectivity index (χ3v) is 5.13. The highest BCUT2D eigenvalue weighted by atomic mass is 35.5. The van der Waals surface area contributed by atoms with Crippen molar-refractivity contribution in [3.63, 3.8) is 0 Å². The average Bonchev–Trinajstić information content (AvgIpc) is 2.73. The predicted molar refractivity (Wildman–Crippen MR) is 76.0 cm³/mol. The summed E-state index contributed by atoms with van der Waals surface area (Å²) in [7, 11) is -4.09. The maximum Gasteiger partial charge on any atom is 0.340 e. The number of benzene rings is 1. The van der Waals surface area contributed by atoms with Gasteiger partial charge in [0.15, 0.2) is 0 Å². The fourth-order valence-electron chi connectivity index (χ4n) is 1.52. The Morgan fingerprint density at radius 3 is 2.71 bits per heavy atom. The lowest BCUT2D eigenvalue weighted by molar-refractivity contribution is 0.0697. The van der Waals surface area contributed by atoms with Crippen LogP contribution in [0.25, 0.3) is 0 Å². The lowest BCUT2D eigenvalue weighted by Gasteiger charge is -2.07. The predicted octanol–water partition coefficient (Wildman–Crippen LogP) is 2.74. The van der Waals surface area contributed by atoms with E-state index in [2.05, 4.69) is 9.10 Å². The summed E-state index contributed by atoms with van der Waals surface area (Å²) in [6.07, 6.45) is 0. The molecular formula is C11H8ClFN2O4S2. The molecule has 0 radical (unpaired) electrons. The van der Waals surface area contributed by atoms with Crippen molar-refractivity contribution < 1.29 is 22.7 Å². The first-order valence-corrected chi connectivity index (χ1v) is 8.03. The molecule has 0 bridgehead atoms. The van der Waals surface area contributed by atoms with Crippen LogP contribution in [-0.4, -0.2) is 23.9 Å². The van der Waals surface area contributed by atoms with E-state index in [1.807, 2.05) is 0 Å². The molecule has 0 amide bonds. The third-order valence-electron chi connectivity index (χ3n) is 2.51. The van der Waals surface area contributed by atoms with Gasteiger partial charge in [0.25, 0.3) is 10.0 Å². The number of anilines is 1. The molecule has 21 heavy (non-hydrogen) atoms. The molecule has 0 atom stereocenters. The van der Waals surface area contributed by atoms with E-state index < -0.39 is 21.8 Å². The molecule has 2 rings (SSSR count). The zero-order valence-corrected chi connectivity index (χ0v) is 12.8. The van der Waals surface area contributed by atoms with Gasteiger partial charge in [-0.25, -0.2) is 17.6 Å². The largest absolute Gasteiger partial charge is 0.478 e. The molecule has 6 nitrogen and oxygen atoms in total. The minimum absolute atomic E-state index is 0.125. The number of halogens is 2. The summed E-state index contributed by atoms with van der Waals surface area (Å²) >= 11 is 6.24. The van der Waals surface area contributed by atoms with Crippen LogP contribution in [0.2, 0.25) is 5.02 Å². The molecule has 0 saturated heterocycles. The number of carboxylic acid groups (broad SMARTS) is 1. The van der Waals surface area contributed by atoms with Gasteiger partial charge in [-0.15, -0.1) is 0 Å². The Morgan fingerprint density at radius 1 is 1.48 bits per heavy atom. The summed E-state index contributed by atoms with van der Waals surface area (Å²) in [5.74, 6) is -2.05. The first-order valence-electron chi connectivity index (χ1n) is 5.40. The molecule has 0 aliphatic carbocycles. The van der Waals surface area contributed by atoms with Crippen LogP contribution in [0, 0.1) is 12.7 Å². The van der Waals surface area contributed by atoms with Gasteiger partial charge in [-0.2, -0.15) is 4.37 Å². The second kappa shape index (κ2) is 5.58. The highest BCUT2D eigenvalue weighted by Crippen LogP contribution is 2.28. The Kier molecular flexibility index (Phi) is 4.17. The molecule has 112 valence electrons. The molecule has 0 fully saturated rings. The van der Waals surface area contributed by atoms with Crippen LogP contribution in [0.15, 0.2) is 23.1 Å². The molecule has 0 aliphatic rings. The minimum atomic E-state index is -4.09. The van der Waals surface area contributed by atoms with Gasteiger partial charge in [0.1, 0.15) is 16.4 Å². The molecule has 0 spiro atoms. The maximum atomic E-state index is 13.1. The summed E-state index contributed by atoms with van der Waals surface area (Å²) in [5.41, 5.74) is -0.0286. The fourth-order valence-corrected chi connectivity index (χ4v) is 3.87. The molecule has 10 heteroatoms. The summed E-state index contributed by atoms with van der Waals surface area (Å²) < 4.78 is 43.3. The second-order valence-electron chi connectivity index (χ2n) is 3.96. The summed E-state index contributed by atoms with van der Waals surface area (Å²) in [6, 6.07) is 2.87. The summed E-state index contributed by atoms with van der Waals surface area (Å²) in [6.45, 7) is 1.45. The number of hydrogen-bond donors (Lipinski definition) is 2. The Morgan fingerprint density at radius 2 is 2.14 bits per heavy atom. The molecule has 0 saturated carbocycles. The molecule has 1 aromatic heterocycles. The number of carboxylic acids is 1. The fraction of sp³-hybridized carbons (Fsp3) is 0.0909. The number of nitrogens with one attached hydrogen (secondary N) is 1. The monoisotopic (exact) mass is 350 g/mol. The summed E-state index contributed by atoms with van der Waals surface area (Å²) in [4.78, 5) is 10.8. The normalized spacial score (nSPS) is 11.4. The third kappa shape index (κ3) is 3.14. The molecule has 0 unspecified atom stereocenters. The molecule has 2 N–H and O–H groups in total. The number of hydrogen-bond acceptors (Lipinski definition) is 5. The number of carbonyl (C=O) groups is 1. The van der Waals surface area contributed by atoms with E-state index >= 15 is 0 Å². The van der Waals surface area contributed by atoms with Crippen LogP contribution >= 0.6 is 23.1 Å². The number of sulfonamides is 1. The van der Waals surface area contributed by atoms with E-state index in [1.54, 1.807) is 0 Å². The number of aromatic nitrogens is 1. The van der Waals surface area contributed by atoms with E-state index in [4.69, 9.17) is 16.7 Å². The van der Waals surface area contributed by atoms with Crippen molar-refractivity contribution in [2.45, 2.75) is 11.8 Å². The Labute approximate surface area is 128 Å². The van der Waals surface area contributed by atoms with Crippen LogP contribution in [0.4, 0.5) is 9.39 Å². The van der Waals surface area contributed by atoms with Crippen LogP contribution in [0.5, 0.6) is 0 Å². The zero-order chi connectivity index (χ0) is 15.8. The van der Waals surface area contributed by atoms with Gasteiger partial charge in [0.05, 0.1) is 15.6 Å². The molecular weight excluding hydrogens is 343 g/mol. The molecule has 2 aromatic rings. The summed E-state index contributed by atoms with van der Waals surface area (Å²) in [5, 5.41) is 8.57. The van der Waals surface area contributed by atoms with E-state index in [-0.39, 0.29) is 26.2 Å². The van der Waals surface area contributed by atoms with Crippen molar-refractivity contribution in [2.24, 2.45) is 0 Å². The van der Waals surface area contributed by atoms with E-state index in [0.29, 0.717) is 11.5 Å². The van der Waals surface area contributed by atoms with E-state index in [1.165, 1.54) is 6.92 Å². The smallest absolute Gasteiger partial charge is 0.340 e. The van der Waals surface area contributed by atoms with Crippen LogP contribution in [-0.2, 0) is 10.0 Å². The Bertz CT molecular complexity index is 820. The minimum Gasteiger partial charge on any atom is -0.478 e. The van der Waals surface area contributed by atoms with Crippen LogP contribution < -0.4 is 4.72 Å². The lowest BCUT2D eigenvalue weighted by atomic mass is 10.2. The number of nitrogens with zero attached hydrogens (tertiary/aromatic N) is 1. The maximum absolute atomic E-state index is 13.1. The topological polar surface area (TPSA) is 96.4 Å². The van der Waals surface area contributed by atoms with Crippen LogP contribution in [0.3, 0.4) is 0 Å². The van der Waals surface area contributed by atoms with Gasteiger partial charge < -0.3 is 5.11 Å². The van der Waals surface area contributed by atoms with Gasteiger partial charge in [-0.3, -0.25) is 4.72 Å². The van der Waals surface area contributed by atoms with Crippen molar-refractivity contribution >= 4 is 44.1 Å². The van der Waals surface area contributed by atoms with Crippen molar-refractivity contribution in [1.82, 2.24) is 4.37 Å². The quantitative estimate of drug-likeness (QED) is 0.883. The van der Waals surface area contributed by atoms with Crippen molar-refractivity contribution in [3.8, 4) is 0 Å². The molecule has 0 aliphatic heterocycles. The van der Waals surface area contributed by atoms with Crippen molar-refractivity contribution in [2.75, 3.05) is 4.72 Å². The van der Waals surface area contributed by atoms with E-state index in [0.717, 1.165) is 18.2 Å².